The standard InChI is InChI=1S/C11H16FN3O2/c12-9-7-14(8-10(9)16)11(17)3-1-5-15-6-2-4-13-15/h2,4,6,9-10,16H,1,3,5,7-8H2/t9-,10-/m1/s1. The molecular formula is C11H16FN3O2. The zero-order valence-electron chi connectivity index (χ0n) is 9.50. The van der Waals surface area contributed by atoms with Crippen LogP contribution in [0.3, 0.4) is 0 Å². The molecule has 0 aromatic carbocycles. The summed E-state index contributed by atoms with van der Waals surface area (Å²) in [5.41, 5.74) is 0. The summed E-state index contributed by atoms with van der Waals surface area (Å²) in [6, 6.07) is 1.83. The summed E-state index contributed by atoms with van der Waals surface area (Å²) in [5, 5.41) is 13.2. The van der Waals surface area contributed by atoms with Crippen LogP contribution in [0.15, 0.2) is 18.5 Å². The number of rotatable bonds is 4. The van der Waals surface area contributed by atoms with Gasteiger partial charge < -0.3 is 10.0 Å². The average Bonchev–Trinajstić information content (AvgIpc) is 2.90. The molecule has 0 saturated carbocycles. The number of aromatic nitrogens is 2. The first-order valence-electron chi connectivity index (χ1n) is 5.74. The van der Waals surface area contributed by atoms with Crippen LogP contribution in [0.1, 0.15) is 12.8 Å². The van der Waals surface area contributed by atoms with Crippen LogP contribution in [0.4, 0.5) is 4.39 Å². The first-order chi connectivity index (χ1) is 8.16. The summed E-state index contributed by atoms with van der Waals surface area (Å²) >= 11 is 0. The van der Waals surface area contributed by atoms with Crippen LogP contribution in [-0.2, 0) is 11.3 Å². The molecule has 1 aliphatic rings. The number of hydrogen-bond acceptors (Lipinski definition) is 3. The summed E-state index contributed by atoms with van der Waals surface area (Å²) < 4.78 is 14.8. The molecule has 1 N–H and O–H groups in total. The second kappa shape index (κ2) is 5.27. The highest BCUT2D eigenvalue weighted by atomic mass is 19.1. The maximum Gasteiger partial charge on any atom is 0.222 e. The van der Waals surface area contributed by atoms with E-state index in [0.717, 1.165) is 0 Å². The Morgan fingerprint density at radius 1 is 1.53 bits per heavy atom. The number of β-amino-alcohol motifs (C(OH)–C–C–N with tert-alkyl or cyclic N) is 1. The summed E-state index contributed by atoms with van der Waals surface area (Å²) in [5.74, 6) is -0.101. The van der Waals surface area contributed by atoms with Crippen molar-refractivity contribution in [2.75, 3.05) is 13.1 Å². The fraction of sp³-hybridized carbons (Fsp3) is 0.636. The number of aryl methyl sites for hydroxylation is 1. The molecule has 6 heteroatoms. The van der Waals surface area contributed by atoms with E-state index in [-0.39, 0.29) is 19.0 Å². The number of nitrogens with zero attached hydrogens (tertiary/aromatic N) is 3. The lowest BCUT2D eigenvalue weighted by Gasteiger charge is -2.14. The van der Waals surface area contributed by atoms with Gasteiger partial charge in [0.1, 0.15) is 12.3 Å². The number of aliphatic hydroxyl groups excluding tert-OH is 1. The molecule has 1 aromatic rings. The molecule has 0 radical (unpaired) electrons. The van der Waals surface area contributed by atoms with Crippen molar-refractivity contribution in [1.82, 2.24) is 14.7 Å². The highest BCUT2D eigenvalue weighted by molar-refractivity contribution is 5.76. The van der Waals surface area contributed by atoms with Crippen LogP contribution in [-0.4, -0.2) is 51.1 Å². The molecule has 2 rings (SSSR count). The van der Waals surface area contributed by atoms with Crippen molar-refractivity contribution < 1.29 is 14.3 Å². The van der Waals surface area contributed by atoms with E-state index in [0.29, 0.717) is 19.4 Å². The Bertz CT molecular complexity index is 359. The molecule has 17 heavy (non-hydrogen) atoms. The lowest BCUT2D eigenvalue weighted by atomic mass is 10.3. The molecule has 0 unspecified atom stereocenters. The lowest BCUT2D eigenvalue weighted by Crippen LogP contribution is -2.29. The van der Waals surface area contributed by atoms with Crippen molar-refractivity contribution in [3.63, 3.8) is 0 Å². The van der Waals surface area contributed by atoms with Gasteiger partial charge in [-0.1, -0.05) is 0 Å². The minimum Gasteiger partial charge on any atom is -0.388 e. The molecule has 1 fully saturated rings. The monoisotopic (exact) mass is 241 g/mol. The van der Waals surface area contributed by atoms with Crippen LogP contribution < -0.4 is 0 Å². The first-order valence-corrected chi connectivity index (χ1v) is 5.74. The van der Waals surface area contributed by atoms with Gasteiger partial charge in [0.15, 0.2) is 0 Å². The zero-order chi connectivity index (χ0) is 12.3. The van der Waals surface area contributed by atoms with Crippen molar-refractivity contribution in [3.05, 3.63) is 18.5 Å². The molecular weight excluding hydrogens is 225 g/mol. The Morgan fingerprint density at radius 3 is 2.94 bits per heavy atom. The van der Waals surface area contributed by atoms with E-state index in [1.807, 2.05) is 12.3 Å². The summed E-state index contributed by atoms with van der Waals surface area (Å²) in [7, 11) is 0. The minimum atomic E-state index is -1.30. The van der Waals surface area contributed by atoms with Gasteiger partial charge in [-0.3, -0.25) is 9.48 Å². The van der Waals surface area contributed by atoms with Crippen LogP contribution >= 0.6 is 0 Å². The van der Waals surface area contributed by atoms with Crippen molar-refractivity contribution in [2.45, 2.75) is 31.7 Å². The molecule has 94 valence electrons. The van der Waals surface area contributed by atoms with Crippen molar-refractivity contribution in [3.8, 4) is 0 Å². The molecule has 1 aliphatic heterocycles. The van der Waals surface area contributed by atoms with Crippen molar-refractivity contribution >= 4 is 5.91 Å². The quantitative estimate of drug-likeness (QED) is 0.819. The summed E-state index contributed by atoms with van der Waals surface area (Å²) in [6.07, 6.45) is 2.23. The predicted molar refractivity (Wildman–Crippen MR) is 58.9 cm³/mol. The zero-order valence-corrected chi connectivity index (χ0v) is 9.50. The van der Waals surface area contributed by atoms with E-state index in [1.54, 1.807) is 10.9 Å². The van der Waals surface area contributed by atoms with Gasteiger partial charge >= 0.3 is 0 Å². The number of aliphatic hydroxyl groups is 1. The van der Waals surface area contributed by atoms with Crippen LogP contribution in [0.25, 0.3) is 0 Å². The molecule has 1 saturated heterocycles. The molecule has 2 heterocycles. The van der Waals surface area contributed by atoms with Gasteiger partial charge in [-0.05, 0) is 12.5 Å². The molecule has 5 nitrogen and oxygen atoms in total. The molecule has 1 amide bonds. The van der Waals surface area contributed by atoms with Gasteiger partial charge in [0.25, 0.3) is 0 Å². The van der Waals surface area contributed by atoms with Crippen LogP contribution in [0.2, 0.25) is 0 Å². The molecule has 0 bridgehead atoms. The van der Waals surface area contributed by atoms with E-state index in [4.69, 9.17) is 0 Å². The lowest BCUT2D eigenvalue weighted by molar-refractivity contribution is -0.130. The fourth-order valence-electron chi connectivity index (χ4n) is 1.93. The Labute approximate surface area is 98.8 Å². The molecule has 2 atom stereocenters. The van der Waals surface area contributed by atoms with Crippen molar-refractivity contribution in [2.24, 2.45) is 0 Å². The summed E-state index contributed by atoms with van der Waals surface area (Å²) in [4.78, 5) is 13.1. The highest BCUT2D eigenvalue weighted by Gasteiger charge is 2.33. The minimum absolute atomic E-state index is 0.0156. The van der Waals surface area contributed by atoms with Gasteiger partial charge in [0, 0.05) is 31.9 Å². The summed E-state index contributed by atoms with van der Waals surface area (Å²) in [6.45, 7) is 0.803. The molecule has 0 aliphatic carbocycles. The van der Waals surface area contributed by atoms with Gasteiger partial charge in [0.2, 0.25) is 5.91 Å². The fourth-order valence-corrected chi connectivity index (χ4v) is 1.93. The maximum absolute atomic E-state index is 13.0. The third kappa shape index (κ3) is 3.03. The van der Waals surface area contributed by atoms with E-state index in [2.05, 4.69) is 5.10 Å². The third-order valence-electron chi connectivity index (χ3n) is 2.91. The normalized spacial score (nSPS) is 24.2. The second-order valence-corrected chi connectivity index (χ2v) is 4.25. The second-order valence-electron chi connectivity index (χ2n) is 4.25. The van der Waals surface area contributed by atoms with E-state index in [9.17, 15) is 14.3 Å². The highest BCUT2D eigenvalue weighted by Crippen LogP contribution is 2.14. The van der Waals surface area contributed by atoms with Gasteiger partial charge in [-0.15, -0.1) is 0 Å². The van der Waals surface area contributed by atoms with E-state index >= 15 is 0 Å². The number of amides is 1. The van der Waals surface area contributed by atoms with Crippen molar-refractivity contribution in [1.29, 1.82) is 0 Å². The Morgan fingerprint density at radius 2 is 2.35 bits per heavy atom. The Balaban J connectivity index is 1.71. The predicted octanol–water partition coefficient (Wildman–Crippen LogP) is 0.205. The first kappa shape index (κ1) is 12.0. The number of hydrogen-bond donors (Lipinski definition) is 1. The van der Waals surface area contributed by atoms with Gasteiger partial charge in [-0.25, -0.2) is 4.39 Å². The maximum atomic E-state index is 13.0. The van der Waals surface area contributed by atoms with Gasteiger partial charge in [-0.2, -0.15) is 5.10 Å². The number of alkyl halides is 1. The molecule has 1 aromatic heterocycles. The number of carbonyl (C=O) groups excluding carboxylic acids is 1. The SMILES string of the molecule is O=C(CCCn1cccn1)N1C[C@@H](O)[C@H](F)C1. The number of carbonyl (C=O) groups is 1. The molecule has 0 spiro atoms. The van der Waals surface area contributed by atoms with Crippen LogP contribution in [0, 0.1) is 0 Å². The van der Waals surface area contributed by atoms with E-state index in [1.165, 1.54) is 4.90 Å². The van der Waals surface area contributed by atoms with Crippen LogP contribution in [0.5, 0.6) is 0 Å². The number of halogens is 1. The van der Waals surface area contributed by atoms with Gasteiger partial charge in [0.05, 0.1) is 6.54 Å². The Kier molecular flexibility index (Phi) is 3.73. The Hall–Kier alpha value is -1.43. The topological polar surface area (TPSA) is 58.4 Å². The smallest absolute Gasteiger partial charge is 0.222 e. The average molecular weight is 241 g/mol. The third-order valence-corrected chi connectivity index (χ3v) is 2.91. The largest absolute Gasteiger partial charge is 0.388 e. The number of likely N-dealkylation sites (tertiary alicyclic amines) is 1. The van der Waals surface area contributed by atoms with E-state index < -0.39 is 12.3 Å².